The minimum atomic E-state index is -0.00594. The molecule has 1 aromatic heterocycles. The highest BCUT2D eigenvalue weighted by atomic mass is 16.5. The highest BCUT2D eigenvalue weighted by molar-refractivity contribution is 5.76. The number of methoxy groups -OCH3 is 1. The molecule has 0 unspecified atom stereocenters. The maximum absolute atomic E-state index is 12.5. The number of piperidine rings is 1. The molecule has 0 bridgehead atoms. The molecule has 6 heteroatoms. The van der Waals surface area contributed by atoms with Crippen LogP contribution >= 0.6 is 0 Å². The second-order valence-electron chi connectivity index (χ2n) is 6.12. The van der Waals surface area contributed by atoms with Crippen LogP contribution in [-0.4, -0.2) is 47.1 Å². The van der Waals surface area contributed by atoms with E-state index in [1.54, 1.807) is 19.4 Å². The minimum Gasteiger partial charge on any atom is -0.497 e. The van der Waals surface area contributed by atoms with E-state index in [-0.39, 0.29) is 12.0 Å². The monoisotopic (exact) mass is 341 g/mol. The Hall–Kier alpha value is -2.63. The summed E-state index contributed by atoms with van der Waals surface area (Å²) in [6, 6.07) is 9.59. The van der Waals surface area contributed by atoms with Gasteiger partial charge in [0.25, 0.3) is 0 Å². The Labute approximate surface area is 147 Å². The van der Waals surface area contributed by atoms with Crippen LogP contribution in [-0.2, 0) is 11.2 Å². The van der Waals surface area contributed by atoms with E-state index in [0.29, 0.717) is 18.8 Å². The van der Waals surface area contributed by atoms with E-state index in [4.69, 9.17) is 9.47 Å². The van der Waals surface area contributed by atoms with Crippen LogP contribution in [0.2, 0.25) is 0 Å². The smallest absolute Gasteiger partial charge is 0.223 e. The standard InChI is InChI=1S/C19H23N3O3/c1-24-16-7-4-15(5-8-16)6-9-19(23)22-12-2-3-17(13-22)25-18-10-11-20-14-21-18/h4-5,7-8,10-11,14,17H,2-3,6,9,12-13H2,1H3/t17-/m0/s1. The SMILES string of the molecule is COc1ccc(CCC(=O)N2CCC[C@H](Oc3ccncn3)C2)cc1. The number of likely N-dealkylation sites (tertiary alicyclic amines) is 1. The van der Waals surface area contributed by atoms with Gasteiger partial charge in [-0.05, 0) is 37.0 Å². The number of hydrogen-bond acceptors (Lipinski definition) is 5. The van der Waals surface area contributed by atoms with Gasteiger partial charge in [0.15, 0.2) is 0 Å². The Morgan fingerprint density at radius 2 is 2.12 bits per heavy atom. The molecular weight excluding hydrogens is 318 g/mol. The van der Waals surface area contributed by atoms with Crippen molar-refractivity contribution in [3.05, 3.63) is 48.4 Å². The maximum atomic E-state index is 12.5. The highest BCUT2D eigenvalue weighted by Gasteiger charge is 2.24. The van der Waals surface area contributed by atoms with Crippen molar-refractivity contribution >= 4 is 5.91 Å². The molecule has 1 atom stereocenters. The number of carbonyl (C=O) groups excluding carboxylic acids is 1. The summed E-state index contributed by atoms with van der Waals surface area (Å²) in [4.78, 5) is 22.4. The summed E-state index contributed by atoms with van der Waals surface area (Å²) in [6.45, 7) is 1.41. The average Bonchev–Trinajstić information content (AvgIpc) is 2.67. The number of ether oxygens (including phenoxy) is 2. The lowest BCUT2D eigenvalue weighted by Crippen LogP contribution is -2.44. The van der Waals surface area contributed by atoms with Crippen LogP contribution in [0.1, 0.15) is 24.8 Å². The molecule has 1 fully saturated rings. The summed E-state index contributed by atoms with van der Waals surface area (Å²) in [5.41, 5.74) is 1.14. The number of nitrogens with zero attached hydrogens (tertiary/aromatic N) is 3. The molecule has 1 aliphatic rings. The van der Waals surface area contributed by atoms with E-state index in [2.05, 4.69) is 9.97 Å². The molecular formula is C19H23N3O3. The fourth-order valence-corrected chi connectivity index (χ4v) is 2.98. The Morgan fingerprint density at radius 1 is 1.28 bits per heavy atom. The Balaban J connectivity index is 1.49. The van der Waals surface area contributed by atoms with E-state index < -0.39 is 0 Å². The lowest BCUT2D eigenvalue weighted by molar-refractivity contribution is -0.133. The van der Waals surface area contributed by atoms with Crippen molar-refractivity contribution in [3.8, 4) is 11.6 Å². The molecule has 2 aromatic rings. The lowest BCUT2D eigenvalue weighted by Gasteiger charge is -2.32. The van der Waals surface area contributed by atoms with Crippen LogP contribution in [0, 0.1) is 0 Å². The van der Waals surface area contributed by atoms with Gasteiger partial charge in [0.1, 0.15) is 18.2 Å². The molecule has 2 heterocycles. The summed E-state index contributed by atoms with van der Waals surface area (Å²) in [6.07, 6.45) is 6.24. The van der Waals surface area contributed by atoms with E-state index in [9.17, 15) is 4.79 Å². The van der Waals surface area contributed by atoms with Gasteiger partial charge < -0.3 is 14.4 Å². The number of hydrogen-bond donors (Lipinski definition) is 0. The minimum absolute atomic E-state index is 0.00594. The molecule has 0 spiro atoms. The van der Waals surface area contributed by atoms with E-state index >= 15 is 0 Å². The van der Waals surface area contributed by atoms with Gasteiger partial charge in [-0.2, -0.15) is 0 Å². The zero-order valence-electron chi connectivity index (χ0n) is 14.4. The molecule has 0 saturated carbocycles. The second-order valence-corrected chi connectivity index (χ2v) is 6.12. The van der Waals surface area contributed by atoms with Crippen LogP contribution in [0.15, 0.2) is 42.9 Å². The molecule has 1 saturated heterocycles. The van der Waals surface area contributed by atoms with Crippen LogP contribution in [0.25, 0.3) is 0 Å². The molecule has 132 valence electrons. The summed E-state index contributed by atoms with van der Waals surface area (Å²) < 4.78 is 11.0. The molecule has 1 aliphatic heterocycles. The molecule has 3 rings (SSSR count). The third-order valence-corrected chi connectivity index (χ3v) is 4.36. The Kier molecular flexibility index (Phi) is 5.82. The number of rotatable bonds is 6. The molecule has 1 aromatic carbocycles. The molecule has 0 N–H and O–H groups in total. The van der Waals surface area contributed by atoms with E-state index in [1.807, 2.05) is 29.2 Å². The molecule has 0 radical (unpaired) electrons. The number of carbonyl (C=O) groups is 1. The zero-order valence-corrected chi connectivity index (χ0v) is 14.4. The topological polar surface area (TPSA) is 64.5 Å². The van der Waals surface area contributed by atoms with Crippen molar-refractivity contribution in [2.75, 3.05) is 20.2 Å². The van der Waals surface area contributed by atoms with Crippen LogP contribution in [0.5, 0.6) is 11.6 Å². The van der Waals surface area contributed by atoms with Gasteiger partial charge in [-0.15, -0.1) is 0 Å². The first-order valence-corrected chi connectivity index (χ1v) is 8.58. The first kappa shape index (κ1) is 17.2. The zero-order chi connectivity index (χ0) is 17.5. The van der Waals surface area contributed by atoms with E-state index in [0.717, 1.165) is 37.1 Å². The maximum Gasteiger partial charge on any atom is 0.223 e. The van der Waals surface area contributed by atoms with Crippen molar-refractivity contribution in [3.63, 3.8) is 0 Å². The molecule has 6 nitrogen and oxygen atoms in total. The van der Waals surface area contributed by atoms with Gasteiger partial charge in [0, 0.05) is 25.2 Å². The predicted molar refractivity (Wildman–Crippen MR) is 93.6 cm³/mol. The van der Waals surface area contributed by atoms with Gasteiger partial charge in [-0.3, -0.25) is 4.79 Å². The van der Waals surface area contributed by atoms with Crippen LogP contribution in [0.4, 0.5) is 0 Å². The van der Waals surface area contributed by atoms with Crippen LogP contribution < -0.4 is 9.47 Å². The van der Waals surface area contributed by atoms with Crippen LogP contribution in [0.3, 0.4) is 0 Å². The van der Waals surface area contributed by atoms with Crippen molar-refractivity contribution in [2.45, 2.75) is 31.8 Å². The third-order valence-electron chi connectivity index (χ3n) is 4.36. The predicted octanol–water partition coefficient (Wildman–Crippen LogP) is 2.49. The quantitative estimate of drug-likeness (QED) is 0.808. The number of benzene rings is 1. The van der Waals surface area contributed by atoms with Crippen molar-refractivity contribution in [1.82, 2.24) is 14.9 Å². The van der Waals surface area contributed by atoms with Gasteiger partial charge in [0.2, 0.25) is 11.8 Å². The molecule has 1 amide bonds. The van der Waals surface area contributed by atoms with Gasteiger partial charge >= 0.3 is 0 Å². The van der Waals surface area contributed by atoms with E-state index in [1.165, 1.54) is 6.33 Å². The van der Waals surface area contributed by atoms with Gasteiger partial charge in [-0.1, -0.05) is 12.1 Å². The van der Waals surface area contributed by atoms with Crippen molar-refractivity contribution < 1.29 is 14.3 Å². The number of aryl methyl sites for hydroxylation is 1. The highest BCUT2D eigenvalue weighted by Crippen LogP contribution is 2.18. The first-order valence-electron chi connectivity index (χ1n) is 8.58. The van der Waals surface area contributed by atoms with Crippen molar-refractivity contribution in [1.29, 1.82) is 0 Å². The Morgan fingerprint density at radius 3 is 2.84 bits per heavy atom. The largest absolute Gasteiger partial charge is 0.497 e. The molecule has 25 heavy (non-hydrogen) atoms. The summed E-state index contributed by atoms with van der Waals surface area (Å²) in [5.74, 6) is 1.56. The van der Waals surface area contributed by atoms with Gasteiger partial charge in [0.05, 0.1) is 13.7 Å². The summed E-state index contributed by atoms with van der Waals surface area (Å²) in [7, 11) is 1.65. The molecule has 0 aliphatic carbocycles. The average molecular weight is 341 g/mol. The summed E-state index contributed by atoms with van der Waals surface area (Å²) >= 11 is 0. The Bertz CT molecular complexity index is 676. The fraction of sp³-hybridized carbons (Fsp3) is 0.421. The second kappa shape index (κ2) is 8.46. The summed E-state index contributed by atoms with van der Waals surface area (Å²) in [5, 5.41) is 0. The van der Waals surface area contributed by atoms with Crippen molar-refractivity contribution in [2.24, 2.45) is 0 Å². The fourth-order valence-electron chi connectivity index (χ4n) is 2.98. The first-order chi connectivity index (χ1) is 12.2. The lowest BCUT2D eigenvalue weighted by atomic mass is 10.1. The normalized spacial score (nSPS) is 17.2. The number of amides is 1. The number of aromatic nitrogens is 2. The third kappa shape index (κ3) is 4.92. The van der Waals surface area contributed by atoms with Gasteiger partial charge in [-0.25, -0.2) is 9.97 Å².